The van der Waals surface area contributed by atoms with Crippen LogP contribution in [0.2, 0.25) is 0 Å². The van der Waals surface area contributed by atoms with E-state index < -0.39 is 10.1 Å². The van der Waals surface area contributed by atoms with E-state index in [-0.39, 0.29) is 4.91 Å². The molecule has 15 heavy (non-hydrogen) atoms. The molecule has 0 spiro atoms. The summed E-state index contributed by atoms with van der Waals surface area (Å²) < 4.78 is 30.1. The molecule has 1 aliphatic rings. The number of fused-ring (bicyclic) bond motifs is 1. The molecule has 1 aromatic rings. The van der Waals surface area contributed by atoms with Crippen molar-refractivity contribution in [3.05, 3.63) is 40.6 Å². The summed E-state index contributed by atoms with van der Waals surface area (Å²) in [5.74, 6) is 0. The van der Waals surface area contributed by atoms with Crippen molar-refractivity contribution in [3.8, 4) is 0 Å². The number of allylic oxidation sites excluding steroid dienone is 3. The number of aromatic nitrogens is 2. The summed E-state index contributed by atoms with van der Waals surface area (Å²) in [7, 11) is -4.17. The van der Waals surface area contributed by atoms with Gasteiger partial charge in [0.1, 0.15) is 0 Å². The van der Waals surface area contributed by atoms with E-state index in [0.717, 1.165) is 17.0 Å². The van der Waals surface area contributed by atoms with Gasteiger partial charge in [0, 0.05) is 6.42 Å². The maximum Gasteiger partial charge on any atom is 0.293 e. The van der Waals surface area contributed by atoms with Crippen molar-refractivity contribution < 1.29 is 13.0 Å². The van der Waals surface area contributed by atoms with Crippen molar-refractivity contribution in [1.29, 1.82) is 0 Å². The van der Waals surface area contributed by atoms with Crippen molar-refractivity contribution in [2.75, 3.05) is 0 Å². The third kappa shape index (κ3) is 1.95. The number of hydrogen-bond acceptors (Lipinski definition) is 2. The Morgan fingerprint density at radius 1 is 1.47 bits per heavy atom. The lowest BCUT2D eigenvalue weighted by atomic mass is 10.0. The van der Waals surface area contributed by atoms with Crippen molar-refractivity contribution in [2.45, 2.75) is 6.42 Å². The lowest BCUT2D eigenvalue weighted by Crippen LogP contribution is -2.09. The maximum absolute atomic E-state index is 10.7. The summed E-state index contributed by atoms with van der Waals surface area (Å²) in [4.78, 5) is -0.293. The molecule has 0 saturated carbocycles. The van der Waals surface area contributed by atoms with Crippen molar-refractivity contribution >= 4 is 16.2 Å². The topological polar surface area (TPSA) is 86.0 Å². The zero-order valence-corrected chi connectivity index (χ0v) is 8.63. The SMILES string of the molecule is C=C(/C=C1/C=Cc2[nH][nH]c2C1)S(=O)(=O)O. The van der Waals surface area contributed by atoms with E-state index in [1.165, 1.54) is 6.08 Å². The Morgan fingerprint density at radius 2 is 2.20 bits per heavy atom. The van der Waals surface area contributed by atoms with Crippen LogP contribution in [0.25, 0.3) is 6.08 Å². The molecule has 5 nitrogen and oxygen atoms in total. The second kappa shape index (κ2) is 3.25. The van der Waals surface area contributed by atoms with Crippen molar-refractivity contribution in [2.24, 2.45) is 0 Å². The van der Waals surface area contributed by atoms with E-state index in [9.17, 15) is 8.42 Å². The Morgan fingerprint density at radius 3 is 2.67 bits per heavy atom. The Hall–Kier alpha value is -1.53. The standard InChI is InChI=1S/C9H10N2O3S/c1-6(15(12,13)14)4-7-2-3-8-9(5-7)11-10-8/h2-4,10-11H,1,5H2,(H,12,13,14)/b7-4-. The van der Waals surface area contributed by atoms with Gasteiger partial charge in [-0.25, -0.2) is 0 Å². The van der Waals surface area contributed by atoms with Gasteiger partial charge in [-0.05, 0) is 17.7 Å². The van der Waals surface area contributed by atoms with Crippen LogP contribution in [0.15, 0.2) is 29.2 Å². The van der Waals surface area contributed by atoms with Gasteiger partial charge >= 0.3 is 0 Å². The summed E-state index contributed by atoms with van der Waals surface area (Å²) in [6.45, 7) is 3.28. The van der Waals surface area contributed by atoms with Crippen LogP contribution in [-0.2, 0) is 16.5 Å². The second-order valence-corrected chi connectivity index (χ2v) is 4.79. The largest absolute Gasteiger partial charge is 0.302 e. The van der Waals surface area contributed by atoms with Crippen LogP contribution >= 0.6 is 0 Å². The predicted octanol–water partition coefficient (Wildman–Crippen LogP) is 1.24. The molecule has 0 aromatic carbocycles. The van der Waals surface area contributed by atoms with Crippen LogP contribution in [0.5, 0.6) is 0 Å². The number of hydrogen-bond donors (Lipinski definition) is 3. The highest BCUT2D eigenvalue weighted by molar-refractivity contribution is 7.90. The van der Waals surface area contributed by atoms with Gasteiger partial charge in [0.25, 0.3) is 10.1 Å². The lowest BCUT2D eigenvalue weighted by molar-refractivity contribution is 0.492. The number of nitrogens with one attached hydrogen (secondary N) is 2. The van der Waals surface area contributed by atoms with Gasteiger partial charge in [-0.3, -0.25) is 9.65 Å². The first-order valence-electron chi connectivity index (χ1n) is 4.27. The van der Waals surface area contributed by atoms with Gasteiger partial charge in [0.05, 0.1) is 16.3 Å². The zero-order valence-electron chi connectivity index (χ0n) is 7.82. The molecule has 0 aliphatic heterocycles. The van der Waals surface area contributed by atoms with Crippen LogP contribution < -0.4 is 0 Å². The van der Waals surface area contributed by atoms with Gasteiger partial charge in [0.2, 0.25) is 0 Å². The van der Waals surface area contributed by atoms with Crippen LogP contribution in [0.4, 0.5) is 0 Å². The Kier molecular flexibility index (Phi) is 2.17. The fraction of sp³-hybridized carbons (Fsp3) is 0.111. The minimum Gasteiger partial charge on any atom is -0.302 e. The average molecular weight is 226 g/mol. The highest BCUT2D eigenvalue weighted by atomic mass is 32.2. The molecule has 0 radical (unpaired) electrons. The highest BCUT2D eigenvalue weighted by Gasteiger charge is 2.14. The first kappa shape index (κ1) is 10.0. The molecule has 0 saturated heterocycles. The minimum atomic E-state index is -4.17. The smallest absolute Gasteiger partial charge is 0.293 e. The molecule has 1 aliphatic carbocycles. The number of H-pyrrole nitrogens is 2. The normalized spacial score (nSPS) is 18.1. The van der Waals surface area contributed by atoms with Gasteiger partial charge in [-0.1, -0.05) is 12.7 Å². The van der Waals surface area contributed by atoms with E-state index in [1.807, 2.05) is 6.08 Å². The third-order valence-electron chi connectivity index (χ3n) is 2.20. The van der Waals surface area contributed by atoms with Gasteiger partial charge in [-0.2, -0.15) is 8.42 Å². The van der Waals surface area contributed by atoms with Crippen LogP contribution in [0.3, 0.4) is 0 Å². The summed E-state index contributed by atoms with van der Waals surface area (Å²) in [5.41, 5.74) is 2.79. The van der Waals surface area contributed by atoms with E-state index in [1.54, 1.807) is 6.08 Å². The number of rotatable bonds is 2. The van der Waals surface area contributed by atoms with Crippen LogP contribution in [0.1, 0.15) is 11.4 Å². The zero-order chi connectivity index (χ0) is 11.1. The van der Waals surface area contributed by atoms with E-state index in [2.05, 4.69) is 16.8 Å². The summed E-state index contributed by atoms with van der Waals surface area (Å²) >= 11 is 0. The molecule has 1 aromatic heterocycles. The quantitative estimate of drug-likeness (QED) is 0.663. The van der Waals surface area contributed by atoms with Gasteiger partial charge < -0.3 is 5.10 Å². The molecule has 6 heteroatoms. The average Bonchev–Trinajstić information content (AvgIpc) is 2.08. The first-order chi connectivity index (χ1) is 6.97. The summed E-state index contributed by atoms with van der Waals surface area (Å²) in [6, 6.07) is 0. The molecule has 0 amide bonds. The van der Waals surface area contributed by atoms with Gasteiger partial charge in [0.15, 0.2) is 0 Å². The maximum atomic E-state index is 10.7. The number of aromatic amines is 2. The lowest BCUT2D eigenvalue weighted by Gasteiger charge is -2.16. The molecular formula is C9H10N2O3S. The molecule has 2 rings (SSSR count). The van der Waals surface area contributed by atoms with E-state index >= 15 is 0 Å². The van der Waals surface area contributed by atoms with Crippen molar-refractivity contribution in [1.82, 2.24) is 10.2 Å². The molecule has 3 N–H and O–H groups in total. The molecule has 80 valence electrons. The molecule has 1 heterocycles. The van der Waals surface area contributed by atoms with Crippen LogP contribution in [-0.4, -0.2) is 23.2 Å². The van der Waals surface area contributed by atoms with Gasteiger partial charge in [-0.15, -0.1) is 0 Å². The molecule has 0 fully saturated rings. The Labute approximate surface area is 86.9 Å². The monoisotopic (exact) mass is 226 g/mol. The Bertz CT molecular complexity index is 557. The molecular weight excluding hydrogens is 216 g/mol. The molecule has 0 unspecified atom stereocenters. The molecule has 0 atom stereocenters. The Balaban J connectivity index is 2.23. The van der Waals surface area contributed by atoms with E-state index in [0.29, 0.717) is 6.42 Å². The highest BCUT2D eigenvalue weighted by Crippen LogP contribution is 2.21. The van der Waals surface area contributed by atoms with Crippen molar-refractivity contribution in [3.63, 3.8) is 0 Å². The summed E-state index contributed by atoms with van der Waals surface area (Å²) in [6.07, 6.45) is 5.57. The third-order valence-corrected chi connectivity index (χ3v) is 2.98. The fourth-order valence-corrected chi connectivity index (χ4v) is 1.64. The minimum absolute atomic E-state index is 0.293. The van der Waals surface area contributed by atoms with E-state index in [4.69, 9.17) is 4.55 Å². The fourth-order valence-electron chi connectivity index (χ4n) is 1.34. The first-order valence-corrected chi connectivity index (χ1v) is 5.71. The summed E-state index contributed by atoms with van der Waals surface area (Å²) in [5, 5.41) is 5.76. The molecule has 0 bridgehead atoms. The predicted molar refractivity (Wildman–Crippen MR) is 56.7 cm³/mol. The van der Waals surface area contributed by atoms with Crippen LogP contribution in [0, 0.1) is 0 Å². The second-order valence-electron chi connectivity index (χ2n) is 3.31.